The van der Waals surface area contributed by atoms with Crippen LogP contribution in [0.5, 0.6) is 0 Å². The molecule has 0 unspecified atom stereocenters. The van der Waals surface area contributed by atoms with Crippen LogP contribution in [0.2, 0.25) is 39.3 Å². The molecule has 0 aromatic rings. The molecule has 0 spiro atoms. The average molecular weight is 187 g/mol. The zero-order chi connectivity index (χ0) is 9.12. The maximum Gasteiger partial charge on any atom is 0.292 e. The zero-order valence-electron chi connectivity index (χ0n) is 8.58. The number of hydrogen-bond donors (Lipinski definition) is 2. The van der Waals surface area contributed by atoms with Crippen molar-refractivity contribution in [1.29, 1.82) is 0 Å². The van der Waals surface area contributed by atoms with Crippen molar-refractivity contribution in [3.63, 3.8) is 0 Å². The fraction of sp³-hybridized carbons (Fsp3) is 1.00. The highest BCUT2D eigenvalue weighted by molar-refractivity contribution is 6.84. The van der Waals surface area contributed by atoms with Gasteiger partial charge in [-0.05, 0) is 0 Å². The molecule has 0 heterocycles. The van der Waals surface area contributed by atoms with Gasteiger partial charge in [0.2, 0.25) is 0 Å². The number of hydrogen-bond acceptors (Lipinski definition) is 2. The Hall–Kier alpha value is 0.419. The Morgan fingerprint density at radius 1 is 0.727 bits per heavy atom. The van der Waals surface area contributed by atoms with Crippen molar-refractivity contribution in [2.75, 3.05) is 0 Å². The van der Waals surface area contributed by atoms with Crippen molar-refractivity contribution < 1.29 is 0 Å². The van der Waals surface area contributed by atoms with E-state index < -0.39 is 16.5 Å². The Balaban J connectivity index is 3.44. The van der Waals surface area contributed by atoms with E-state index in [9.17, 15) is 0 Å². The van der Waals surface area contributed by atoms with Gasteiger partial charge in [-0.15, -0.1) is 0 Å². The minimum Gasteiger partial charge on any atom is -0.369 e. The molecule has 0 amide bonds. The van der Waals surface area contributed by atoms with Crippen molar-refractivity contribution in [2.24, 2.45) is 0 Å². The van der Waals surface area contributed by atoms with Crippen molar-refractivity contribution in [3.05, 3.63) is 0 Å². The molecule has 0 aromatic carbocycles. The molecule has 65 valence electrons. The Morgan fingerprint density at radius 2 is 1.00 bits per heavy atom. The van der Waals surface area contributed by atoms with Gasteiger partial charge in [0.05, 0.1) is 0 Å². The molecule has 5 heteroatoms. The molecular formula is C6H20BN2Si2. The van der Waals surface area contributed by atoms with Crippen LogP contribution in [0, 0.1) is 0 Å². The predicted molar refractivity (Wildman–Crippen MR) is 58.7 cm³/mol. The van der Waals surface area contributed by atoms with Gasteiger partial charge in [-0.25, -0.2) is 0 Å². The van der Waals surface area contributed by atoms with Crippen LogP contribution in [0.4, 0.5) is 0 Å². The molecule has 0 saturated carbocycles. The molecule has 0 rings (SSSR count). The highest BCUT2D eigenvalue weighted by Crippen LogP contribution is 1.94. The fourth-order valence-corrected chi connectivity index (χ4v) is 1.62. The molecule has 0 atom stereocenters. The lowest BCUT2D eigenvalue weighted by atomic mass is 10.3. The second-order valence-corrected chi connectivity index (χ2v) is 14.5. The second kappa shape index (κ2) is 3.89. The van der Waals surface area contributed by atoms with Gasteiger partial charge in [0.15, 0.2) is 0 Å². The zero-order valence-corrected chi connectivity index (χ0v) is 10.6. The van der Waals surface area contributed by atoms with Crippen molar-refractivity contribution >= 4 is 24.0 Å². The highest BCUT2D eigenvalue weighted by atomic mass is 28.3. The summed E-state index contributed by atoms with van der Waals surface area (Å²) < 4.78 is 0. The SMILES string of the molecule is C[Si](C)(C)N[B]N[Si](C)(C)C. The molecule has 0 aliphatic rings. The third-order valence-corrected chi connectivity index (χ3v) is 3.03. The molecule has 11 heavy (non-hydrogen) atoms. The van der Waals surface area contributed by atoms with Crippen LogP contribution in [-0.4, -0.2) is 24.0 Å². The standard InChI is InChI=1S/C6H20BN2Si2/c1-10(2,3)8-7-9-11(4,5)6/h8-9H,1-6H3. The van der Waals surface area contributed by atoms with Crippen LogP contribution in [0.3, 0.4) is 0 Å². The Morgan fingerprint density at radius 3 is 1.18 bits per heavy atom. The summed E-state index contributed by atoms with van der Waals surface area (Å²) in [4.78, 5) is 6.83. The molecule has 2 N–H and O–H groups in total. The summed E-state index contributed by atoms with van der Waals surface area (Å²) in [7, 11) is -0.166. The summed E-state index contributed by atoms with van der Waals surface area (Å²) in [6.45, 7) is 13.7. The number of nitrogens with one attached hydrogen (secondary N) is 2. The minimum absolute atomic E-state index is 1.10. The molecule has 0 saturated heterocycles. The van der Waals surface area contributed by atoms with Gasteiger partial charge in [-0.3, -0.25) is 0 Å². The Bertz CT molecular complexity index is 103. The highest BCUT2D eigenvalue weighted by Gasteiger charge is 2.16. The van der Waals surface area contributed by atoms with E-state index in [0.29, 0.717) is 0 Å². The summed E-state index contributed by atoms with van der Waals surface area (Å²) in [5.41, 5.74) is 0. The summed E-state index contributed by atoms with van der Waals surface area (Å²) in [6.07, 6.45) is 0. The summed E-state index contributed by atoms with van der Waals surface area (Å²) in [5, 5.41) is 0. The van der Waals surface area contributed by atoms with E-state index >= 15 is 0 Å². The quantitative estimate of drug-likeness (QED) is 0.649. The van der Waals surface area contributed by atoms with Gasteiger partial charge in [-0.2, -0.15) is 0 Å². The third kappa shape index (κ3) is 10.4. The smallest absolute Gasteiger partial charge is 0.292 e. The van der Waals surface area contributed by atoms with E-state index in [1.807, 2.05) is 7.55 Å². The van der Waals surface area contributed by atoms with E-state index in [2.05, 4.69) is 49.1 Å². The molecule has 0 aliphatic heterocycles. The van der Waals surface area contributed by atoms with Gasteiger partial charge in [0, 0.05) is 0 Å². The maximum atomic E-state index is 3.42. The lowest BCUT2D eigenvalue weighted by Gasteiger charge is -2.22. The first-order valence-electron chi connectivity index (χ1n) is 4.08. The topological polar surface area (TPSA) is 24.1 Å². The lowest BCUT2D eigenvalue weighted by Crippen LogP contribution is -2.55. The maximum absolute atomic E-state index is 3.42. The van der Waals surface area contributed by atoms with Crippen LogP contribution in [-0.2, 0) is 0 Å². The first-order chi connectivity index (χ1) is 4.71. The van der Waals surface area contributed by atoms with Crippen molar-refractivity contribution in [3.8, 4) is 0 Å². The van der Waals surface area contributed by atoms with Crippen molar-refractivity contribution in [1.82, 2.24) is 9.79 Å². The Labute approximate surface area is 73.6 Å². The molecular weight excluding hydrogens is 167 g/mol. The van der Waals surface area contributed by atoms with Crippen molar-refractivity contribution in [2.45, 2.75) is 39.3 Å². The van der Waals surface area contributed by atoms with Gasteiger partial charge in [0.25, 0.3) is 7.55 Å². The predicted octanol–water partition coefficient (Wildman–Crippen LogP) is 1.37. The average Bonchev–Trinajstić information content (AvgIpc) is 1.55. The van der Waals surface area contributed by atoms with E-state index in [1.165, 1.54) is 0 Å². The molecule has 0 aromatic heterocycles. The molecule has 2 nitrogen and oxygen atoms in total. The summed E-state index contributed by atoms with van der Waals surface area (Å²) in [6, 6.07) is 0. The van der Waals surface area contributed by atoms with Crippen LogP contribution in [0.15, 0.2) is 0 Å². The molecule has 0 aliphatic carbocycles. The van der Waals surface area contributed by atoms with Crippen LogP contribution < -0.4 is 9.79 Å². The first-order valence-corrected chi connectivity index (χ1v) is 11.1. The largest absolute Gasteiger partial charge is 0.369 e. The van der Waals surface area contributed by atoms with E-state index in [-0.39, 0.29) is 0 Å². The van der Waals surface area contributed by atoms with E-state index in [0.717, 1.165) is 0 Å². The minimum atomic E-state index is -1.10. The monoisotopic (exact) mass is 187 g/mol. The van der Waals surface area contributed by atoms with Crippen LogP contribution >= 0.6 is 0 Å². The molecule has 0 fully saturated rings. The fourth-order valence-electron chi connectivity index (χ4n) is 0.469. The van der Waals surface area contributed by atoms with Gasteiger partial charge in [0.1, 0.15) is 16.5 Å². The van der Waals surface area contributed by atoms with Gasteiger partial charge < -0.3 is 9.79 Å². The Kier molecular flexibility index (Phi) is 4.04. The van der Waals surface area contributed by atoms with E-state index in [4.69, 9.17) is 0 Å². The van der Waals surface area contributed by atoms with Crippen LogP contribution in [0.1, 0.15) is 0 Å². The third-order valence-electron chi connectivity index (χ3n) is 1.01. The second-order valence-electron chi connectivity index (χ2n) is 4.93. The number of rotatable bonds is 4. The first kappa shape index (κ1) is 11.4. The van der Waals surface area contributed by atoms with Crippen LogP contribution in [0.25, 0.3) is 0 Å². The lowest BCUT2D eigenvalue weighted by molar-refractivity contribution is 1.30. The molecule has 1 radical (unpaired) electrons. The van der Waals surface area contributed by atoms with Gasteiger partial charge in [-0.1, -0.05) is 39.3 Å². The van der Waals surface area contributed by atoms with Gasteiger partial charge >= 0.3 is 0 Å². The summed E-state index contributed by atoms with van der Waals surface area (Å²) in [5.74, 6) is 0. The van der Waals surface area contributed by atoms with E-state index in [1.54, 1.807) is 0 Å². The summed E-state index contributed by atoms with van der Waals surface area (Å²) >= 11 is 0. The molecule has 0 bridgehead atoms. The normalized spacial score (nSPS) is 13.3.